The van der Waals surface area contributed by atoms with Crippen LogP contribution in [0.2, 0.25) is 10.0 Å². The molecule has 48 heavy (non-hydrogen) atoms. The van der Waals surface area contributed by atoms with Crippen molar-refractivity contribution >= 4 is 61.9 Å². The predicted molar refractivity (Wildman–Crippen MR) is 187 cm³/mol. The van der Waals surface area contributed by atoms with Crippen LogP contribution >= 0.6 is 23.2 Å². The van der Waals surface area contributed by atoms with Gasteiger partial charge in [-0.25, -0.2) is 13.4 Å². The Bertz CT molecular complexity index is 1780. The van der Waals surface area contributed by atoms with E-state index in [0.717, 1.165) is 11.1 Å². The molecule has 0 spiro atoms. The number of benzene rings is 2. The van der Waals surface area contributed by atoms with Crippen LogP contribution in [0.4, 0.5) is 0 Å². The number of carbonyl (C=O) groups is 2. The Morgan fingerprint density at radius 3 is 2.46 bits per heavy atom. The number of hydrogen-bond acceptors (Lipinski definition) is 8. The summed E-state index contributed by atoms with van der Waals surface area (Å²) in [5.74, 6) is -0.180. The lowest BCUT2D eigenvalue weighted by atomic mass is 10.0. The van der Waals surface area contributed by atoms with Crippen molar-refractivity contribution in [2.75, 3.05) is 32.7 Å². The average molecular weight is 722 g/mol. The van der Waals surface area contributed by atoms with Crippen molar-refractivity contribution in [3.8, 4) is 5.75 Å². The van der Waals surface area contributed by atoms with Crippen molar-refractivity contribution in [3.05, 3.63) is 63.8 Å². The van der Waals surface area contributed by atoms with Gasteiger partial charge in [-0.3, -0.25) is 15.0 Å². The van der Waals surface area contributed by atoms with E-state index in [4.69, 9.17) is 44.8 Å². The number of nitrogens with zero attached hydrogens (tertiary/aromatic N) is 3. The molecule has 1 aliphatic rings. The normalized spacial score (nSPS) is 14.5. The third-order valence-electron chi connectivity index (χ3n) is 7.98. The maximum absolute atomic E-state index is 13.6. The average Bonchev–Trinajstić information content (AvgIpc) is 3.02. The summed E-state index contributed by atoms with van der Waals surface area (Å²) >= 11 is 13.1. The molecule has 2 heterocycles. The Kier molecular flexibility index (Phi) is 12.1. The summed E-state index contributed by atoms with van der Waals surface area (Å²) in [6.07, 6.45) is 1.42. The number of sulfonamides is 1. The van der Waals surface area contributed by atoms with E-state index in [1.54, 1.807) is 11.0 Å². The zero-order chi connectivity index (χ0) is 35.2. The smallest absolute Gasteiger partial charge is 0.243 e. The Labute approximate surface area is 290 Å². The number of aromatic nitrogens is 1. The van der Waals surface area contributed by atoms with E-state index >= 15 is 0 Å². The van der Waals surface area contributed by atoms with E-state index in [-0.39, 0.29) is 64.5 Å². The van der Waals surface area contributed by atoms with Crippen molar-refractivity contribution in [1.82, 2.24) is 24.8 Å². The molecule has 16 heteroatoms. The monoisotopic (exact) mass is 720 g/mol. The fourth-order valence-electron chi connectivity index (χ4n) is 5.43. The van der Waals surface area contributed by atoms with Gasteiger partial charge in [-0.05, 0) is 57.9 Å². The third-order valence-corrected chi connectivity index (χ3v) is 10.6. The Morgan fingerprint density at radius 2 is 1.77 bits per heavy atom. The number of guanidine groups is 1. The van der Waals surface area contributed by atoms with Gasteiger partial charge in [-0.2, -0.15) is 4.72 Å². The number of carbonyl (C=O) groups excluding carboxylic acids is 2. The number of rotatable bonds is 13. The van der Waals surface area contributed by atoms with E-state index in [9.17, 15) is 18.0 Å². The van der Waals surface area contributed by atoms with E-state index in [1.165, 1.54) is 30.9 Å². The van der Waals surface area contributed by atoms with Gasteiger partial charge >= 0.3 is 0 Å². The molecule has 0 unspecified atom stereocenters. The second kappa shape index (κ2) is 15.7. The van der Waals surface area contributed by atoms with Crippen LogP contribution in [0.25, 0.3) is 10.9 Å². The van der Waals surface area contributed by atoms with Crippen LogP contribution in [0, 0.1) is 12.3 Å². The van der Waals surface area contributed by atoms with Crippen LogP contribution in [0.5, 0.6) is 5.75 Å². The van der Waals surface area contributed by atoms with Crippen molar-refractivity contribution in [2.45, 2.75) is 63.1 Å². The van der Waals surface area contributed by atoms with Gasteiger partial charge in [0.25, 0.3) is 0 Å². The van der Waals surface area contributed by atoms with Gasteiger partial charge in [0.15, 0.2) is 5.96 Å². The molecule has 0 aliphatic carbocycles. The Morgan fingerprint density at radius 1 is 1.08 bits per heavy atom. The number of piperazine rings is 1. The van der Waals surface area contributed by atoms with Crippen LogP contribution in [-0.4, -0.2) is 85.3 Å². The van der Waals surface area contributed by atoms with E-state index < -0.39 is 21.5 Å². The number of pyridine rings is 1. The third kappa shape index (κ3) is 9.26. The van der Waals surface area contributed by atoms with Crippen LogP contribution < -0.4 is 26.2 Å². The molecule has 1 saturated heterocycles. The van der Waals surface area contributed by atoms with Gasteiger partial charge in [-0.15, -0.1) is 0 Å². The van der Waals surface area contributed by atoms with E-state index in [0.29, 0.717) is 43.7 Å². The number of amides is 2. The first-order valence-corrected chi connectivity index (χ1v) is 17.7. The summed E-state index contributed by atoms with van der Waals surface area (Å²) < 4.78 is 35.8. The number of fused-ring (bicyclic) bond motifs is 1. The number of nitrogens with two attached hydrogens (primary N) is 2. The fraction of sp³-hybridized carbons (Fsp3) is 0.438. The zero-order valence-corrected chi connectivity index (χ0v) is 29.5. The van der Waals surface area contributed by atoms with Gasteiger partial charge in [0.1, 0.15) is 28.3 Å². The summed E-state index contributed by atoms with van der Waals surface area (Å²) in [5.41, 5.74) is 11.6. The van der Waals surface area contributed by atoms with Gasteiger partial charge in [0.2, 0.25) is 21.8 Å². The Balaban J connectivity index is 1.37. The largest absolute Gasteiger partial charge is 0.487 e. The van der Waals surface area contributed by atoms with E-state index in [2.05, 4.69) is 15.0 Å². The van der Waals surface area contributed by atoms with Crippen molar-refractivity contribution in [3.63, 3.8) is 0 Å². The molecule has 0 bridgehead atoms. The maximum Gasteiger partial charge on any atom is 0.243 e. The highest BCUT2D eigenvalue weighted by Crippen LogP contribution is 2.34. The van der Waals surface area contributed by atoms with Crippen LogP contribution in [0.3, 0.4) is 0 Å². The Hall–Kier alpha value is -3.69. The molecule has 1 fully saturated rings. The number of halogens is 2. The molecule has 1 aromatic heterocycles. The SMILES string of the molecule is Cc1ccc2cccc(OCc3c(Cl)ccc(S(=O)(=O)NC(C)(C)C(=O)N4CCN(C(=O)C[C@@H](N)CCCNC(=N)N)CC4)c3Cl)c2n1. The fourth-order valence-corrected chi connectivity index (χ4v) is 7.69. The van der Waals surface area contributed by atoms with Gasteiger partial charge in [0, 0.05) is 66.9 Å². The first-order chi connectivity index (χ1) is 22.6. The second-order valence-corrected chi connectivity index (χ2v) is 14.7. The standard InChI is InChI=1S/C32H42Cl2N8O5S/c1-20-9-10-21-6-4-8-25(29(21)39-20)47-19-23-24(33)11-12-26(28(23)34)48(45,46)40-32(2,3)30(44)42-16-14-41(15-17-42)27(43)18-22(35)7-5-13-38-31(36)37/h4,6,8-12,22,40H,5,7,13-19,35H2,1-3H3,(H4,36,37,38)/t22-/m0/s1. The van der Waals surface area contributed by atoms with Crippen LogP contribution in [0.15, 0.2) is 47.4 Å². The molecule has 1 aliphatic heterocycles. The molecular weight excluding hydrogens is 679 g/mol. The van der Waals surface area contributed by atoms with E-state index in [1.807, 2.05) is 31.2 Å². The highest BCUT2D eigenvalue weighted by atomic mass is 35.5. The molecule has 7 N–H and O–H groups in total. The lowest BCUT2D eigenvalue weighted by Gasteiger charge is -2.39. The van der Waals surface area contributed by atoms with Gasteiger partial charge in [0.05, 0.1) is 5.02 Å². The molecule has 3 aromatic rings. The molecule has 260 valence electrons. The minimum atomic E-state index is -4.30. The summed E-state index contributed by atoms with van der Waals surface area (Å²) in [6, 6.07) is 11.7. The first kappa shape index (κ1) is 37.1. The topological polar surface area (TPSA) is 197 Å². The highest BCUT2D eigenvalue weighted by Gasteiger charge is 2.39. The van der Waals surface area contributed by atoms with Crippen molar-refractivity contribution in [2.24, 2.45) is 11.5 Å². The molecule has 4 rings (SSSR count). The molecular formula is C32H42Cl2N8O5S. The first-order valence-electron chi connectivity index (χ1n) is 15.5. The number of para-hydroxylation sites is 1. The van der Waals surface area contributed by atoms with Gasteiger partial charge < -0.3 is 31.3 Å². The number of aryl methyl sites for hydroxylation is 1. The second-order valence-electron chi connectivity index (χ2n) is 12.3. The lowest BCUT2D eigenvalue weighted by molar-refractivity contribution is -0.142. The summed E-state index contributed by atoms with van der Waals surface area (Å²) in [5, 5.41) is 10.9. The lowest BCUT2D eigenvalue weighted by Crippen LogP contribution is -2.60. The number of nitrogens with one attached hydrogen (secondary N) is 3. The summed E-state index contributed by atoms with van der Waals surface area (Å²) in [4.78, 5) is 33.8. The van der Waals surface area contributed by atoms with Crippen molar-refractivity contribution in [1.29, 1.82) is 5.41 Å². The minimum absolute atomic E-state index is 0.113. The van der Waals surface area contributed by atoms with Crippen molar-refractivity contribution < 1.29 is 22.7 Å². The number of ether oxygens (including phenoxy) is 1. The quantitative estimate of drug-likeness (QED) is 0.100. The molecule has 13 nitrogen and oxygen atoms in total. The molecule has 2 amide bonds. The maximum atomic E-state index is 13.6. The predicted octanol–water partition coefficient (Wildman–Crippen LogP) is 3.14. The molecule has 0 saturated carbocycles. The van der Waals surface area contributed by atoms with Crippen LogP contribution in [-0.2, 0) is 26.2 Å². The summed E-state index contributed by atoms with van der Waals surface area (Å²) in [7, 11) is -4.30. The highest BCUT2D eigenvalue weighted by molar-refractivity contribution is 7.89. The molecule has 0 radical (unpaired) electrons. The summed E-state index contributed by atoms with van der Waals surface area (Å²) in [6.45, 7) is 6.27. The molecule has 2 aromatic carbocycles. The van der Waals surface area contributed by atoms with Gasteiger partial charge in [-0.1, -0.05) is 41.4 Å². The number of hydrogen-bond donors (Lipinski definition) is 5. The zero-order valence-electron chi connectivity index (χ0n) is 27.2. The van der Waals surface area contributed by atoms with Crippen LogP contribution in [0.1, 0.15) is 44.4 Å². The minimum Gasteiger partial charge on any atom is -0.487 e. The molecule has 1 atom stereocenters.